The molecule has 99 heavy (non-hydrogen) atoms. The summed E-state index contributed by atoms with van der Waals surface area (Å²) in [7, 11) is 1.00. The van der Waals surface area contributed by atoms with E-state index in [0.717, 1.165) is 7.11 Å². The van der Waals surface area contributed by atoms with Crippen molar-refractivity contribution in [2.75, 3.05) is 40.0 Å². The standard InChI is InChI=1S/C43H70N2O9.C18H24N2O4.C10H22N2O2.CH4O.2CH4.H4N2.H2O/c1-26(2)13-15-35(46)39(17-28(5)6)52-24-37(48)32-20-33(38(49)25-53-40(18-29(7)8)36(47)16-14-27(3)4)22-34(21-32)42(50)45-54-41(19-30(9)10)43(51)44-23-31(11)12;1-11(2)9-15(16(21)19-10-12(3)4)24-20-17(22)13-7-5-6-8-14(13)18(20)23;1-7(2)5-9(14-11)10(13)12-6-8(3)4;1-2;;;1-2;/h20-22,26-31,39-41H,13-19,23-25H2,1-12H3,(H,44,51)(H,45,50);5-8,11-12,15H,9-10H2,1-4H3,(H,19,21);7-9H,5-6,11H2,1-4H3,(H,12,13);2H,1H3;2*1H4;1-2H2;1H2/t39-,40-,41-;15-;9-;;;;;/m111...../s1. The van der Waals surface area contributed by atoms with Gasteiger partial charge < -0.3 is 36.0 Å². The number of nitrogens with two attached hydrogens (primary N) is 3. The lowest BCUT2D eigenvalue weighted by molar-refractivity contribution is -0.162. The van der Waals surface area contributed by atoms with Gasteiger partial charge in [-0.25, -0.2) is 16.2 Å². The van der Waals surface area contributed by atoms with E-state index in [9.17, 15) is 47.9 Å². The fourth-order valence-electron chi connectivity index (χ4n) is 8.97. The third-order valence-electron chi connectivity index (χ3n) is 14.1. The molecule has 25 nitrogen and oxygen atoms in total. The Morgan fingerprint density at radius 3 is 1.07 bits per heavy atom. The van der Waals surface area contributed by atoms with Crippen LogP contribution in [0.1, 0.15) is 263 Å². The number of imide groups is 1. The minimum Gasteiger partial charge on any atom is -0.412 e. The fraction of sp³-hybridized carbons (Fsp3) is 0.703. The molecule has 0 saturated carbocycles. The number of ketones is 4. The van der Waals surface area contributed by atoms with Crippen molar-refractivity contribution < 1.29 is 82.5 Å². The first-order valence-corrected chi connectivity index (χ1v) is 34.0. The third-order valence-corrected chi connectivity index (χ3v) is 14.1. The molecule has 0 aromatic heterocycles. The number of hydroxylamine groups is 3. The topological polar surface area (TPSA) is 398 Å². The number of ether oxygens (including phenoxy) is 2. The Morgan fingerprint density at radius 1 is 0.444 bits per heavy atom. The zero-order valence-electron chi connectivity index (χ0n) is 62.4. The number of hydrogen-bond donors (Lipinski definition) is 8. The van der Waals surface area contributed by atoms with Gasteiger partial charge in [0, 0.05) is 56.3 Å². The van der Waals surface area contributed by atoms with E-state index in [0.29, 0.717) is 123 Å². The van der Waals surface area contributed by atoms with Crippen molar-refractivity contribution in [3.63, 3.8) is 0 Å². The van der Waals surface area contributed by atoms with Gasteiger partial charge in [0.2, 0.25) is 0 Å². The molecule has 1 heterocycles. The largest absolute Gasteiger partial charge is 0.412 e. The number of hydrazine groups is 1. The van der Waals surface area contributed by atoms with Crippen LogP contribution in [0.2, 0.25) is 0 Å². The van der Waals surface area contributed by atoms with Crippen molar-refractivity contribution in [3.05, 3.63) is 70.3 Å². The van der Waals surface area contributed by atoms with Gasteiger partial charge in [0.25, 0.3) is 35.4 Å². The minimum absolute atomic E-state index is 0. The van der Waals surface area contributed by atoms with Gasteiger partial charge in [-0.3, -0.25) is 69.3 Å². The van der Waals surface area contributed by atoms with E-state index in [1.807, 2.05) is 138 Å². The van der Waals surface area contributed by atoms with Crippen LogP contribution >= 0.6 is 0 Å². The summed E-state index contributed by atoms with van der Waals surface area (Å²) in [5, 5.41) is 16.1. The summed E-state index contributed by atoms with van der Waals surface area (Å²) in [5.74, 6) is 11.8. The highest BCUT2D eigenvalue weighted by Crippen LogP contribution is 2.26. The fourth-order valence-corrected chi connectivity index (χ4v) is 8.97. The summed E-state index contributed by atoms with van der Waals surface area (Å²) < 4.78 is 11.8. The van der Waals surface area contributed by atoms with Crippen LogP contribution in [0.5, 0.6) is 0 Å². The lowest BCUT2D eigenvalue weighted by Crippen LogP contribution is -2.44. The van der Waals surface area contributed by atoms with Crippen molar-refractivity contribution in [2.24, 2.45) is 76.8 Å². The number of aliphatic hydroxyl groups is 1. The maximum absolute atomic E-state index is 13.6. The van der Waals surface area contributed by atoms with Gasteiger partial charge in [0.1, 0.15) is 25.4 Å². The lowest BCUT2D eigenvalue weighted by atomic mass is 9.97. The van der Waals surface area contributed by atoms with Crippen LogP contribution in [0, 0.1) is 59.2 Å². The van der Waals surface area contributed by atoms with Crippen molar-refractivity contribution in [2.45, 2.75) is 242 Å². The molecule has 25 heteroatoms. The van der Waals surface area contributed by atoms with E-state index < -0.39 is 73.0 Å². The Bertz CT molecular complexity index is 2450. The monoisotopic (exact) mass is 1410 g/mol. The van der Waals surface area contributed by atoms with Crippen LogP contribution in [0.4, 0.5) is 0 Å². The van der Waals surface area contributed by atoms with Crippen LogP contribution in [-0.2, 0) is 48.0 Å². The van der Waals surface area contributed by atoms with Crippen molar-refractivity contribution >= 4 is 58.6 Å². The van der Waals surface area contributed by atoms with Crippen molar-refractivity contribution in [1.29, 1.82) is 0 Å². The van der Waals surface area contributed by atoms with E-state index in [-0.39, 0.29) is 95.9 Å². The third kappa shape index (κ3) is 43.2. The van der Waals surface area contributed by atoms with E-state index in [2.05, 4.69) is 38.0 Å². The number of rotatable bonds is 41. The second-order valence-corrected chi connectivity index (χ2v) is 28.3. The van der Waals surface area contributed by atoms with Crippen LogP contribution in [0.15, 0.2) is 42.5 Å². The second-order valence-electron chi connectivity index (χ2n) is 28.3. The number of nitrogens with one attached hydrogen (secondary N) is 4. The highest BCUT2D eigenvalue weighted by molar-refractivity contribution is 6.20. The number of fused-ring (bicyclic) bond motifs is 1. The van der Waals surface area contributed by atoms with E-state index >= 15 is 0 Å². The first kappa shape index (κ1) is 101. The van der Waals surface area contributed by atoms with Crippen molar-refractivity contribution in [3.8, 4) is 0 Å². The Morgan fingerprint density at radius 2 is 0.747 bits per heavy atom. The average molecular weight is 1410 g/mol. The maximum atomic E-state index is 13.6. The van der Waals surface area contributed by atoms with E-state index in [4.69, 9.17) is 30.2 Å². The molecule has 0 radical (unpaired) electrons. The molecule has 5 atom stereocenters. The lowest BCUT2D eigenvalue weighted by Gasteiger charge is -2.23. The van der Waals surface area contributed by atoms with Gasteiger partial charge >= 0.3 is 0 Å². The number of carbonyl (C=O) groups excluding carboxylic acids is 10. The summed E-state index contributed by atoms with van der Waals surface area (Å²) in [6.07, 6.45) is 0.456. The molecular formula is C74H134N8O17. The molecule has 0 aliphatic carbocycles. The van der Waals surface area contributed by atoms with Crippen LogP contribution in [0.25, 0.3) is 0 Å². The molecule has 2 aromatic carbocycles. The van der Waals surface area contributed by atoms with E-state index in [1.54, 1.807) is 24.3 Å². The molecule has 3 rings (SSSR count). The summed E-state index contributed by atoms with van der Waals surface area (Å²) in [6.45, 7) is 40.6. The zero-order valence-corrected chi connectivity index (χ0v) is 62.4. The zero-order chi connectivity index (χ0) is 74.1. The van der Waals surface area contributed by atoms with Gasteiger partial charge in [-0.05, 0) is 134 Å². The molecule has 0 saturated heterocycles. The van der Waals surface area contributed by atoms with Crippen LogP contribution in [-0.4, -0.2) is 145 Å². The molecule has 0 bridgehead atoms. The molecule has 0 unspecified atom stereocenters. The Kier molecular flexibility index (Phi) is 56.8. The number of hydrogen-bond acceptors (Lipinski definition) is 19. The SMILES string of the molecule is C.C.CC(C)CCC(=O)[C@@H](CC(C)C)OCC(=O)c1cc(C(=O)CO[C@H](CC(C)C)C(=O)CCC(C)C)cc(C(=O)NO[C@H](CC(C)C)C(=O)NCC(C)C)c1.CC(C)CNC(=O)[C@@H](CC(C)C)ON.CC(C)CNC(=O)[C@@H](CC(C)C)ON1C(=O)c2ccccc2C1=O.CO.NN.O. The first-order chi connectivity index (χ1) is 45.0. The molecule has 0 spiro atoms. The number of nitrogens with zero attached hydrogens (tertiary/aromatic N) is 1. The van der Waals surface area contributed by atoms with Gasteiger partial charge in [-0.15, -0.1) is 5.06 Å². The summed E-state index contributed by atoms with van der Waals surface area (Å²) in [6, 6.07) is 10.6. The number of amides is 6. The smallest absolute Gasteiger partial charge is 0.285 e. The first-order valence-electron chi connectivity index (χ1n) is 34.0. The molecule has 13 N–H and O–H groups in total. The van der Waals surface area contributed by atoms with Gasteiger partial charge in [0.15, 0.2) is 41.4 Å². The Labute approximate surface area is 593 Å². The molecule has 1 aliphatic heterocycles. The Hall–Kier alpha value is -6.26. The molecule has 2 aromatic rings. The molecule has 572 valence electrons. The molecule has 1 aliphatic rings. The minimum atomic E-state index is -0.974. The second kappa shape index (κ2) is 55.4. The highest BCUT2D eigenvalue weighted by atomic mass is 16.7. The van der Waals surface area contributed by atoms with Crippen molar-refractivity contribution in [1.82, 2.24) is 26.5 Å². The summed E-state index contributed by atoms with van der Waals surface area (Å²) in [5.41, 5.74) is 2.92. The predicted octanol–water partition coefficient (Wildman–Crippen LogP) is 10.1. The van der Waals surface area contributed by atoms with Gasteiger partial charge in [-0.2, -0.15) is 0 Å². The average Bonchev–Trinajstić information content (AvgIpc) is 1.66. The van der Waals surface area contributed by atoms with Gasteiger partial charge in [-0.1, -0.05) is 165 Å². The quantitative estimate of drug-likeness (QED) is 0.0133. The summed E-state index contributed by atoms with van der Waals surface area (Å²) >= 11 is 0. The highest BCUT2D eigenvalue weighted by Gasteiger charge is 2.40. The van der Waals surface area contributed by atoms with Crippen LogP contribution in [0.3, 0.4) is 0 Å². The maximum Gasteiger partial charge on any atom is 0.285 e. The van der Waals surface area contributed by atoms with E-state index in [1.165, 1.54) is 18.2 Å². The molecular weight excluding hydrogens is 1270 g/mol. The number of benzene rings is 2. The number of Topliss-reactive ketones (excluding diaryl/α,β-unsaturated/α-hetero) is 4. The normalized spacial score (nSPS) is 13.1. The number of aliphatic hydroxyl groups excluding tert-OH is 1. The Balaban J connectivity index is -0.000000535. The predicted molar refractivity (Wildman–Crippen MR) is 390 cm³/mol. The molecule has 0 fully saturated rings. The molecule has 6 amide bonds. The van der Waals surface area contributed by atoms with Gasteiger partial charge in [0.05, 0.1) is 11.1 Å². The number of carbonyl (C=O) groups is 10. The summed E-state index contributed by atoms with van der Waals surface area (Å²) in [4.78, 5) is 144. The van der Waals surface area contributed by atoms with Crippen LogP contribution < -0.4 is 39.0 Å².